The predicted octanol–water partition coefficient (Wildman–Crippen LogP) is 6.77. The molecule has 1 saturated carbocycles. The third-order valence-corrected chi connectivity index (χ3v) is 8.45. The van der Waals surface area contributed by atoms with Crippen LogP contribution in [0.15, 0.2) is 79.0 Å². The second-order valence-electron chi connectivity index (χ2n) is 10.7. The number of nitrogens with one attached hydrogen (secondary N) is 1. The summed E-state index contributed by atoms with van der Waals surface area (Å²) in [6.45, 7) is 4.19. The third kappa shape index (κ3) is 5.20. The molecule has 2 unspecified atom stereocenters. The minimum absolute atomic E-state index is 0.150. The quantitative estimate of drug-likeness (QED) is 0.195. The van der Waals surface area contributed by atoms with Crippen molar-refractivity contribution in [1.82, 2.24) is 14.9 Å². The lowest BCUT2D eigenvalue weighted by Gasteiger charge is -2.28. The highest BCUT2D eigenvalue weighted by Gasteiger charge is 2.42. The number of thiocarbonyl (C=S) groups is 1. The van der Waals surface area contributed by atoms with Crippen molar-refractivity contribution in [3.05, 3.63) is 107 Å². The number of anilines is 1. The van der Waals surface area contributed by atoms with Crippen LogP contribution in [0.2, 0.25) is 0 Å². The van der Waals surface area contributed by atoms with Gasteiger partial charge in [-0.05, 0) is 118 Å². The summed E-state index contributed by atoms with van der Waals surface area (Å²) in [6.07, 6.45) is 6.83. The largest absolute Gasteiger partial charge is 0.490 e. The third-order valence-electron chi connectivity index (χ3n) is 8.13. The van der Waals surface area contributed by atoms with Crippen molar-refractivity contribution >= 4 is 29.0 Å². The maximum absolute atomic E-state index is 12.3. The van der Waals surface area contributed by atoms with Gasteiger partial charge in [-0.1, -0.05) is 12.1 Å². The van der Waals surface area contributed by atoms with E-state index in [4.69, 9.17) is 26.7 Å². The normalized spacial score (nSPS) is 18.9. The maximum atomic E-state index is 12.3. The first-order valence-electron chi connectivity index (χ1n) is 14.1. The van der Waals surface area contributed by atoms with E-state index in [-0.39, 0.29) is 18.1 Å². The summed E-state index contributed by atoms with van der Waals surface area (Å²) >= 11 is 5.96. The van der Waals surface area contributed by atoms with Crippen LogP contribution in [0.1, 0.15) is 70.8 Å². The average molecular weight is 567 g/mol. The molecule has 1 saturated heterocycles. The number of hydrogen-bond acceptors (Lipinski definition) is 5. The van der Waals surface area contributed by atoms with Crippen LogP contribution in [0, 0.1) is 13.8 Å². The minimum atomic E-state index is -0.360. The fraction of sp³-hybridized carbons (Fsp3) is 0.303. The Morgan fingerprint density at radius 3 is 2.46 bits per heavy atom. The molecule has 6 rings (SSSR count). The lowest BCUT2D eigenvalue weighted by Crippen LogP contribution is -2.29. The van der Waals surface area contributed by atoms with Gasteiger partial charge in [0.25, 0.3) is 0 Å². The molecule has 2 aromatic heterocycles. The first-order chi connectivity index (χ1) is 19.9. The number of methoxy groups -OCH3 is 1. The number of pyridine rings is 1. The molecular weight excluding hydrogens is 532 g/mol. The molecule has 2 aliphatic rings. The predicted molar refractivity (Wildman–Crippen MR) is 164 cm³/mol. The first-order valence-corrected chi connectivity index (χ1v) is 14.5. The number of hydrogen-bond donors (Lipinski definition) is 1. The highest BCUT2D eigenvalue weighted by atomic mass is 32.1. The average Bonchev–Trinajstić information content (AvgIpc) is 3.71. The van der Waals surface area contributed by atoms with Gasteiger partial charge in [-0.25, -0.2) is 4.79 Å². The van der Waals surface area contributed by atoms with Crippen LogP contribution in [0.25, 0.3) is 5.69 Å². The van der Waals surface area contributed by atoms with Gasteiger partial charge in [-0.15, -0.1) is 0 Å². The molecule has 1 N–H and O–H groups in total. The molecule has 7 nitrogen and oxygen atoms in total. The zero-order valence-corrected chi connectivity index (χ0v) is 24.4. The Bertz CT molecular complexity index is 1560. The Balaban J connectivity index is 1.41. The van der Waals surface area contributed by atoms with Crippen molar-refractivity contribution in [3.8, 4) is 11.4 Å². The van der Waals surface area contributed by atoms with E-state index in [0.717, 1.165) is 52.6 Å². The summed E-state index contributed by atoms with van der Waals surface area (Å²) in [5.74, 6) is 0.529. The minimum Gasteiger partial charge on any atom is -0.490 e. The number of aromatic nitrogens is 2. The molecule has 0 radical (unpaired) electrons. The number of esters is 1. The smallest absolute Gasteiger partial charge is 0.337 e. The number of carbonyl (C=O) groups is 1. The molecule has 4 aromatic rings. The fourth-order valence-electron chi connectivity index (χ4n) is 6.21. The maximum Gasteiger partial charge on any atom is 0.337 e. The summed E-state index contributed by atoms with van der Waals surface area (Å²) < 4.78 is 13.4. The zero-order valence-electron chi connectivity index (χ0n) is 23.5. The van der Waals surface area contributed by atoms with Crippen LogP contribution in [0.5, 0.6) is 5.75 Å². The van der Waals surface area contributed by atoms with Gasteiger partial charge in [-0.2, -0.15) is 0 Å². The molecule has 41 heavy (non-hydrogen) atoms. The molecule has 2 fully saturated rings. The molecule has 3 heterocycles. The molecule has 2 aromatic carbocycles. The van der Waals surface area contributed by atoms with Gasteiger partial charge in [0.05, 0.1) is 36.6 Å². The monoisotopic (exact) mass is 566 g/mol. The van der Waals surface area contributed by atoms with E-state index >= 15 is 0 Å². The van der Waals surface area contributed by atoms with Crippen LogP contribution in [-0.2, 0) is 4.74 Å². The molecule has 8 heteroatoms. The van der Waals surface area contributed by atoms with Crippen molar-refractivity contribution in [2.75, 3.05) is 12.0 Å². The van der Waals surface area contributed by atoms with Crippen molar-refractivity contribution in [1.29, 1.82) is 0 Å². The summed E-state index contributed by atoms with van der Waals surface area (Å²) in [5.41, 5.74) is 6.56. The summed E-state index contributed by atoms with van der Waals surface area (Å²) in [7, 11) is 1.40. The van der Waals surface area contributed by atoms with E-state index in [1.54, 1.807) is 6.07 Å². The number of carbonyl (C=O) groups excluding carboxylic acids is 1. The van der Waals surface area contributed by atoms with Crippen LogP contribution in [0.3, 0.4) is 0 Å². The molecule has 2 atom stereocenters. The van der Waals surface area contributed by atoms with Crippen molar-refractivity contribution in [3.63, 3.8) is 0 Å². The lowest BCUT2D eigenvalue weighted by molar-refractivity contribution is 0.0600. The highest BCUT2D eigenvalue weighted by molar-refractivity contribution is 7.80. The van der Waals surface area contributed by atoms with Gasteiger partial charge >= 0.3 is 5.97 Å². The number of nitrogens with zero attached hydrogens (tertiary/aromatic N) is 3. The number of aryl methyl sites for hydroxylation is 1. The fourth-order valence-corrected chi connectivity index (χ4v) is 6.55. The molecular formula is C33H34N4O3S. The molecule has 0 amide bonds. The Hall–Kier alpha value is -4.17. The first kappa shape index (κ1) is 27.0. The molecule has 210 valence electrons. The van der Waals surface area contributed by atoms with Gasteiger partial charge in [0.1, 0.15) is 5.75 Å². The molecule has 1 aliphatic heterocycles. The van der Waals surface area contributed by atoms with Crippen LogP contribution < -0.4 is 15.0 Å². The van der Waals surface area contributed by atoms with E-state index in [1.807, 2.05) is 54.7 Å². The second kappa shape index (κ2) is 11.4. The van der Waals surface area contributed by atoms with E-state index in [2.05, 4.69) is 46.8 Å². The zero-order chi connectivity index (χ0) is 28.5. The van der Waals surface area contributed by atoms with Crippen LogP contribution >= 0.6 is 12.2 Å². The summed E-state index contributed by atoms with van der Waals surface area (Å²) in [6, 6.07) is 23.6. The van der Waals surface area contributed by atoms with Crippen molar-refractivity contribution in [2.24, 2.45) is 0 Å². The molecule has 1 aliphatic carbocycles. The topological polar surface area (TPSA) is 68.6 Å². The van der Waals surface area contributed by atoms with Crippen LogP contribution in [0.4, 0.5) is 5.69 Å². The van der Waals surface area contributed by atoms with Gasteiger partial charge in [0.2, 0.25) is 0 Å². The van der Waals surface area contributed by atoms with Gasteiger partial charge < -0.3 is 24.3 Å². The number of benzene rings is 2. The second-order valence-corrected chi connectivity index (χ2v) is 11.1. The van der Waals surface area contributed by atoms with Crippen LogP contribution in [-0.4, -0.2) is 33.8 Å². The SMILES string of the molecule is COC(=O)c1cccc(-n2c(C)cc(C3C(c4ccccn4)NC(=S)N3c3ccc(OC4CCCC4)cc3)c2C)c1. The van der Waals surface area contributed by atoms with E-state index in [0.29, 0.717) is 16.8 Å². The summed E-state index contributed by atoms with van der Waals surface area (Å²) in [5, 5.41) is 4.21. The lowest BCUT2D eigenvalue weighted by atomic mass is 9.96. The Kier molecular flexibility index (Phi) is 7.49. The summed E-state index contributed by atoms with van der Waals surface area (Å²) in [4.78, 5) is 19.1. The number of ether oxygens (including phenoxy) is 2. The highest BCUT2D eigenvalue weighted by Crippen LogP contribution is 2.44. The van der Waals surface area contributed by atoms with E-state index < -0.39 is 0 Å². The van der Waals surface area contributed by atoms with Gasteiger partial charge in [0, 0.05) is 29.0 Å². The van der Waals surface area contributed by atoms with Gasteiger partial charge in [-0.3, -0.25) is 4.98 Å². The Labute approximate surface area is 246 Å². The van der Waals surface area contributed by atoms with E-state index in [9.17, 15) is 4.79 Å². The standard InChI is InChI=1S/C33H34N4O3S/c1-21-19-28(22(2)36(21)25-10-8-9-23(20-25)32(38)39-3)31-30(29-13-6-7-18-34-29)35-33(41)37(31)24-14-16-27(17-15-24)40-26-11-4-5-12-26/h6-10,13-20,26,30-31H,4-5,11-12H2,1-3H3,(H,35,41). The van der Waals surface area contributed by atoms with Crippen molar-refractivity contribution < 1.29 is 14.3 Å². The molecule has 0 bridgehead atoms. The Morgan fingerprint density at radius 2 is 1.76 bits per heavy atom. The van der Waals surface area contributed by atoms with E-state index in [1.165, 1.54) is 20.0 Å². The van der Waals surface area contributed by atoms with Crippen molar-refractivity contribution in [2.45, 2.75) is 57.7 Å². The number of rotatable bonds is 7. The molecule has 0 spiro atoms. The van der Waals surface area contributed by atoms with Gasteiger partial charge in [0.15, 0.2) is 5.11 Å². The Morgan fingerprint density at radius 1 is 0.976 bits per heavy atom.